The highest BCUT2D eigenvalue weighted by Gasteiger charge is 2.19. The van der Waals surface area contributed by atoms with Gasteiger partial charge >= 0.3 is 5.97 Å². The Kier molecular flexibility index (Phi) is 2.76. The number of carbonyl (C=O) groups excluding carboxylic acids is 1. The summed E-state index contributed by atoms with van der Waals surface area (Å²) in [6.45, 7) is 0. The molecule has 19 heavy (non-hydrogen) atoms. The highest BCUT2D eigenvalue weighted by atomic mass is 35.5. The Morgan fingerprint density at radius 2 is 2.26 bits per heavy atom. The van der Waals surface area contributed by atoms with E-state index in [1.165, 1.54) is 18.0 Å². The van der Waals surface area contributed by atoms with Gasteiger partial charge in [-0.3, -0.25) is 0 Å². The van der Waals surface area contributed by atoms with E-state index in [9.17, 15) is 4.79 Å². The van der Waals surface area contributed by atoms with E-state index in [-0.39, 0.29) is 10.7 Å². The van der Waals surface area contributed by atoms with Gasteiger partial charge in [0.2, 0.25) is 0 Å². The van der Waals surface area contributed by atoms with Gasteiger partial charge in [-0.15, -0.1) is 0 Å². The van der Waals surface area contributed by atoms with Crippen molar-refractivity contribution in [1.29, 1.82) is 0 Å². The van der Waals surface area contributed by atoms with Gasteiger partial charge < -0.3 is 9.15 Å². The number of furan rings is 1. The Labute approximate surface area is 113 Å². The van der Waals surface area contributed by atoms with Gasteiger partial charge in [-0.2, -0.15) is 5.10 Å². The molecule has 0 aliphatic rings. The summed E-state index contributed by atoms with van der Waals surface area (Å²) in [5, 5.41) is 5.30. The number of esters is 1. The van der Waals surface area contributed by atoms with Crippen LogP contribution in [0.2, 0.25) is 5.02 Å². The van der Waals surface area contributed by atoms with Crippen LogP contribution >= 0.6 is 11.6 Å². The Balaban J connectivity index is 2.18. The maximum absolute atomic E-state index is 11.7. The van der Waals surface area contributed by atoms with E-state index in [4.69, 9.17) is 20.8 Å². The predicted octanol–water partition coefficient (Wildman–Crippen LogP) is 3.06. The zero-order chi connectivity index (χ0) is 13.4. The molecule has 0 bridgehead atoms. The number of ether oxygens (including phenoxy) is 1. The van der Waals surface area contributed by atoms with Crippen LogP contribution in [0.15, 0.2) is 41.1 Å². The molecule has 0 saturated heterocycles. The maximum Gasteiger partial charge on any atom is 0.358 e. The number of methoxy groups -OCH3 is 1. The summed E-state index contributed by atoms with van der Waals surface area (Å²) in [5.74, 6) is -0.540. The number of fused-ring (bicyclic) bond motifs is 1. The van der Waals surface area contributed by atoms with Gasteiger partial charge in [0.25, 0.3) is 0 Å². The van der Waals surface area contributed by atoms with E-state index in [0.717, 1.165) is 5.39 Å². The first-order valence-corrected chi connectivity index (χ1v) is 5.88. The van der Waals surface area contributed by atoms with Crippen molar-refractivity contribution in [3.8, 4) is 5.69 Å². The minimum Gasteiger partial charge on any atom is -0.464 e. The van der Waals surface area contributed by atoms with Crippen LogP contribution in [0.3, 0.4) is 0 Å². The first-order valence-electron chi connectivity index (χ1n) is 5.50. The highest BCUT2D eigenvalue weighted by Crippen LogP contribution is 2.23. The second-order valence-corrected chi connectivity index (χ2v) is 4.29. The first-order chi connectivity index (χ1) is 9.20. The largest absolute Gasteiger partial charge is 0.464 e. The minimum atomic E-state index is -0.540. The zero-order valence-corrected chi connectivity index (χ0v) is 10.7. The summed E-state index contributed by atoms with van der Waals surface area (Å²) < 4.78 is 11.5. The predicted molar refractivity (Wildman–Crippen MR) is 69.7 cm³/mol. The molecule has 0 atom stereocenters. The molecule has 0 N–H and O–H groups in total. The Hall–Kier alpha value is -2.27. The fourth-order valence-electron chi connectivity index (χ4n) is 1.88. The topological polar surface area (TPSA) is 57.3 Å². The van der Waals surface area contributed by atoms with Crippen LogP contribution in [0.25, 0.3) is 16.7 Å². The molecular weight excluding hydrogens is 268 g/mol. The molecule has 6 heteroatoms. The lowest BCUT2D eigenvalue weighted by Gasteiger charge is -2.06. The van der Waals surface area contributed by atoms with Crippen LogP contribution in [0, 0.1) is 0 Å². The SMILES string of the molecule is COC(=O)c1c(Cl)cnn1-c1ccc2ccoc2c1. The second-order valence-electron chi connectivity index (χ2n) is 3.89. The Morgan fingerprint density at radius 3 is 3.05 bits per heavy atom. The monoisotopic (exact) mass is 276 g/mol. The quantitative estimate of drug-likeness (QED) is 0.675. The van der Waals surface area contributed by atoms with E-state index in [2.05, 4.69) is 5.10 Å². The van der Waals surface area contributed by atoms with Crippen molar-refractivity contribution >= 4 is 28.5 Å². The summed E-state index contributed by atoms with van der Waals surface area (Å²) in [4.78, 5) is 11.7. The number of benzene rings is 1. The minimum absolute atomic E-state index is 0.190. The van der Waals surface area contributed by atoms with E-state index in [1.807, 2.05) is 18.2 Å². The number of halogens is 1. The molecule has 0 radical (unpaired) electrons. The summed E-state index contributed by atoms with van der Waals surface area (Å²) in [5.41, 5.74) is 1.57. The van der Waals surface area contributed by atoms with Gasteiger partial charge in [0, 0.05) is 11.5 Å². The normalized spacial score (nSPS) is 10.8. The van der Waals surface area contributed by atoms with Crippen molar-refractivity contribution in [2.45, 2.75) is 0 Å². The average Bonchev–Trinajstić information content (AvgIpc) is 3.03. The average molecular weight is 277 g/mol. The lowest BCUT2D eigenvalue weighted by Crippen LogP contribution is -2.10. The van der Waals surface area contributed by atoms with Crippen molar-refractivity contribution in [3.05, 3.63) is 47.4 Å². The van der Waals surface area contributed by atoms with Crippen LogP contribution in [-0.2, 0) is 4.74 Å². The van der Waals surface area contributed by atoms with Gasteiger partial charge in [0.15, 0.2) is 5.69 Å². The summed E-state index contributed by atoms with van der Waals surface area (Å²) in [6, 6.07) is 7.35. The number of rotatable bonds is 2. The summed E-state index contributed by atoms with van der Waals surface area (Å²) in [6.07, 6.45) is 3.01. The Bertz CT molecular complexity index is 760. The van der Waals surface area contributed by atoms with Crippen LogP contribution in [0.4, 0.5) is 0 Å². The van der Waals surface area contributed by atoms with E-state index < -0.39 is 5.97 Å². The molecule has 0 unspecified atom stereocenters. The van der Waals surface area contributed by atoms with Crippen LogP contribution in [-0.4, -0.2) is 22.9 Å². The van der Waals surface area contributed by atoms with Crippen molar-refractivity contribution in [2.24, 2.45) is 0 Å². The van der Waals surface area contributed by atoms with E-state index in [0.29, 0.717) is 11.3 Å². The van der Waals surface area contributed by atoms with Crippen LogP contribution in [0.1, 0.15) is 10.5 Å². The molecule has 2 heterocycles. The lowest BCUT2D eigenvalue weighted by molar-refractivity contribution is 0.0590. The van der Waals surface area contributed by atoms with Gasteiger partial charge in [0.1, 0.15) is 5.58 Å². The second kappa shape index (κ2) is 4.44. The summed E-state index contributed by atoms with van der Waals surface area (Å²) in [7, 11) is 1.30. The van der Waals surface area contributed by atoms with Gasteiger partial charge in [-0.25, -0.2) is 9.48 Å². The molecule has 0 aliphatic heterocycles. The first kappa shape index (κ1) is 11.8. The van der Waals surface area contributed by atoms with Crippen molar-refractivity contribution < 1.29 is 13.9 Å². The molecule has 0 aliphatic carbocycles. The third-order valence-corrected chi connectivity index (χ3v) is 3.06. The smallest absolute Gasteiger partial charge is 0.358 e. The molecule has 96 valence electrons. The molecule has 0 amide bonds. The molecule has 0 spiro atoms. The van der Waals surface area contributed by atoms with Gasteiger partial charge in [-0.05, 0) is 18.2 Å². The number of nitrogens with zero attached hydrogens (tertiary/aromatic N) is 2. The number of aromatic nitrogens is 2. The van der Waals surface area contributed by atoms with Gasteiger partial charge in [0.05, 0.1) is 30.3 Å². The molecule has 0 saturated carbocycles. The third kappa shape index (κ3) is 1.88. The van der Waals surface area contributed by atoms with Crippen LogP contribution in [0.5, 0.6) is 0 Å². The van der Waals surface area contributed by atoms with Crippen molar-refractivity contribution in [2.75, 3.05) is 7.11 Å². The number of hydrogen-bond donors (Lipinski definition) is 0. The zero-order valence-electron chi connectivity index (χ0n) is 9.96. The van der Waals surface area contributed by atoms with E-state index in [1.54, 1.807) is 12.3 Å². The van der Waals surface area contributed by atoms with Gasteiger partial charge in [-0.1, -0.05) is 11.6 Å². The third-order valence-electron chi connectivity index (χ3n) is 2.79. The molecule has 1 aromatic carbocycles. The fourth-order valence-corrected chi connectivity index (χ4v) is 2.08. The Morgan fingerprint density at radius 1 is 1.42 bits per heavy atom. The van der Waals surface area contributed by atoms with Crippen LogP contribution < -0.4 is 0 Å². The number of hydrogen-bond acceptors (Lipinski definition) is 4. The molecule has 5 nitrogen and oxygen atoms in total. The standard InChI is InChI=1S/C13H9ClN2O3/c1-18-13(17)12-10(14)7-15-16(12)9-3-2-8-4-5-19-11(8)6-9/h2-7H,1H3. The van der Waals surface area contributed by atoms with Crippen molar-refractivity contribution in [1.82, 2.24) is 9.78 Å². The highest BCUT2D eigenvalue weighted by molar-refractivity contribution is 6.33. The van der Waals surface area contributed by atoms with E-state index >= 15 is 0 Å². The lowest BCUT2D eigenvalue weighted by atomic mass is 10.2. The van der Waals surface area contributed by atoms with Crippen molar-refractivity contribution in [3.63, 3.8) is 0 Å². The molecule has 3 aromatic rings. The fraction of sp³-hybridized carbons (Fsp3) is 0.0769. The molecular formula is C13H9ClN2O3. The molecule has 0 fully saturated rings. The molecule has 2 aromatic heterocycles. The molecule has 3 rings (SSSR count). The maximum atomic E-state index is 11.7. The number of carbonyl (C=O) groups is 1. The summed E-state index contributed by atoms with van der Waals surface area (Å²) >= 11 is 5.96.